The molecular formula is C26H31FN2O3. The second-order valence-electron chi connectivity index (χ2n) is 8.16. The van der Waals surface area contributed by atoms with Gasteiger partial charge in [-0.15, -0.1) is 0 Å². The first-order valence-electron chi connectivity index (χ1n) is 11.3. The Balaban J connectivity index is 1.88. The molecule has 0 saturated heterocycles. The van der Waals surface area contributed by atoms with Crippen LogP contribution in [0.25, 0.3) is 10.9 Å². The summed E-state index contributed by atoms with van der Waals surface area (Å²) in [7, 11) is 1.67. The third kappa shape index (κ3) is 6.67. The summed E-state index contributed by atoms with van der Waals surface area (Å²) in [4.78, 5) is 17.3. The quantitative estimate of drug-likeness (QED) is 0.323. The molecule has 1 aromatic heterocycles. The number of anilines is 1. The largest absolute Gasteiger partial charge is 0.480 e. The highest BCUT2D eigenvalue weighted by Crippen LogP contribution is 2.33. The predicted molar refractivity (Wildman–Crippen MR) is 126 cm³/mol. The number of unbranched alkanes of at least 4 members (excludes halogenated alkanes) is 5. The van der Waals surface area contributed by atoms with Crippen molar-refractivity contribution < 1.29 is 19.0 Å². The number of pyridine rings is 1. The highest BCUT2D eigenvalue weighted by molar-refractivity contribution is 5.88. The molecule has 0 aliphatic rings. The minimum atomic E-state index is -0.948. The lowest BCUT2D eigenvalue weighted by Crippen LogP contribution is -2.25. The summed E-state index contributed by atoms with van der Waals surface area (Å²) >= 11 is 0. The fourth-order valence-corrected chi connectivity index (χ4v) is 3.72. The third-order valence-corrected chi connectivity index (χ3v) is 5.43. The molecule has 0 bridgehead atoms. The topological polar surface area (TPSA) is 62.7 Å². The highest BCUT2D eigenvalue weighted by Gasteiger charge is 2.14. The zero-order chi connectivity index (χ0) is 22.9. The molecule has 170 valence electrons. The first kappa shape index (κ1) is 23.5. The van der Waals surface area contributed by atoms with E-state index in [4.69, 9.17) is 9.84 Å². The van der Waals surface area contributed by atoms with E-state index in [0.29, 0.717) is 22.8 Å². The van der Waals surface area contributed by atoms with Crippen molar-refractivity contribution in [2.24, 2.45) is 0 Å². The first-order chi connectivity index (χ1) is 15.5. The number of likely N-dealkylation sites (N-methyl/N-ethyl adjacent to an activating group) is 1. The smallest absolute Gasteiger partial charge is 0.323 e. The second-order valence-corrected chi connectivity index (χ2v) is 8.16. The second kappa shape index (κ2) is 11.5. The third-order valence-electron chi connectivity index (χ3n) is 5.43. The number of benzene rings is 2. The highest BCUT2D eigenvalue weighted by atomic mass is 19.1. The van der Waals surface area contributed by atoms with Crippen molar-refractivity contribution >= 4 is 22.7 Å². The Kier molecular flexibility index (Phi) is 8.42. The van der Waals surface area contributed by atoms with Crippen LogP contribution in [0.3, 0.4) is 0 Å². The standard InChI is InChI=1S/C26H31FN2O3/c1-3-4-5-6-7-8-10-19-13-14-23-22(15-19)24(32-21-12-9-11-20(27)16-21)17-25(28-23)29(2)18-26(30)31/h9,11-17H,3-8,10,18H2,1-2H3,(H,30,31). The fraction of sp³-hybridized carbons (Fsp3) is 0.385. The molecule has 1 N–H and O–H groups in total. The van der Waals surface area contributed by atoms with E-state index in [9.17, 15) is 9.18 Å². The normalized spacial score (nSPS) is 11.0. The van der Waals surface area contributed by atoms with Gasteiger partial charge in [-0.3, -0.25) is 4.79 Å². The molecule has 0 saturated carbocycles. The predicted octanol–water partition coefficient (Wildman–Crippen LogP) is 6.59. The van der Waals surface area contributed by atoms with E-state index in [1.54, 1.807) is 30.1 Å². The van der Waals surface area contributed by atoms with E-state index >= 15 is 0 Å². The van der Waals surface area contributed by atoms with Crippen LogP contribution in [0.1, 0.15) is 51.0 Å². The average molecular weight is 439 g/mol. The van der Waals surface area contributed by atoms with Crippen LogP contribution in [0, 0.1) is 5.82 Å². The van der Waals surface area contributed by atoms with Crippen molar-refractivity contribution in [2.75, 3.05) is 18.5 Å². The van der Waals surface area contributed by atoms with Crippen molar-refractivity contribution in [2.45, 2.75) is 51.9 Å². The number of fused-ring (bicyclic) bond motifs is 1. The van der Waals surface area contributed by atoms with Gasteiger partial charge in [0.1, 0.15) is 29.7 Å². The van der Waals surface area contributed by atoms with Gasteiger partial charge in [-0.1, -0.05) is 51.2 Å². The van der Waals surface area contributed by atoms with E-state index in [0.717, 1.165) is 18.2 Å². The van der Waals surface area contributed by atoms with Crippen molar-refractivity contribution in [1.82, 2.24) is 4.98 Å². The zero-order valence-corrected chi connectivity index (χ0v) is 18.8. The first-order valence-corrected chi connectivity index (χ1v) is 11.3. The Morgan fingerprint density at radius 2 is 1.84 bits per heavy atom. The molecule has 0 aliphatic heterocycles. The van der Waals surface area contributed by atoms with Crippen LogP contribution >= 0.6 is 0 Å². The van der Waals surface area contributed by atoms with Gasteiger partial charge >= 0.3 is 5.97 Å². The lowest BCUT2D eigenvalue weighted by molar-refractivity contribution is -0.135. The van der Waals surface area contributed by atoms with Gasteiger partial charge in [-0.05, 0) is 42.7 Å². The molecule has 1 heterocycles. The van der Waals surface area contributed by atoms with Crippen molar-refractivity contribution in [3.05, 3.63) is 59.9 Å². The van der Waals surface area contributed by atoms with Gasteiger partial charge in [0.15, 0.2) is 0 Å². The molecule has 32 heavy (non-hydrogen) atoms. The summed E-state index contributed by atoms with van der Waals surface area (Å²) in [5.41, 5.74) is 1.91. The van der Waals surface area contributed by atoms with Gasteiger partial charge in [0.2, 0.25) is 0 Å². The Hall–Kier alpha value is -3.15. The maximum atomic E-state index is 13.7. The molecule has 0 atom stereocenters. The Morgan fingerprint density at radius 3 is 2.59 bits per heavy atom. The van der Waals surface area contributed by atoms with Gasteiger partial charge < -0.3 is 14.7 Å². The molecule has 2 aromatic carbocycles. The summed E-state index contributed by atoms with van der Waals surface area (Å²) in [6.07, 6.45) is 8.40. The number of aliphatic carboxylic acids is 1. The van der Waals surface area contributed by atoms with Gasteiger partial charge in [-0.2, -0.15) is 0 Å². The number of carbonyl (C=O) groups is 1. The van der Waals surface area contributed by atoms with Crippen molar-refractivity contribution in [1.29, 1.82) is 0 Å². The van der Waals surface area contributed by atoms with E-state index in [2.05, 4.69) is 24.0 Å². The maximum absolute atomic E-state index is 13.7. The molecule has 0 amide bonds. The summed E-state index contributed by atoms with van der Waals surface area (Å²) in [6.45, 7) is 2.03. The number of ether oxygens (including phenoxy) is 1. The number of nitrogens with zero attached hydrogens (tertiary/aromatic N) is 2. The Bertz CT molecular complexity index is 1050. The van der Waals surface area contributed by atoms with Crippen LogP contribution in [0.4, 0.5) is 10.2 Å². The van der Waals surface area contributed by atoms with Crippen LogP contribution in [-0.2, 0) is 11.2 Å². The number of hydrogen-bond acceptors (Lipinski definition) is 4. The monoisotopic (exact) mass is 438 g/mol. The van der Waals surface area contributed by atoms with Crippen LogP contribution < -0.4 is 9.64 Å². The minimum absolute atomic E-state index is 0.186. The van der Waals surface area contributed by atoms with Crippen LogP contribution in [0.15, 0.2) is 48.5 Å². The summed E-state index contributed by atoms with van der Waals surface area (Å²) < 4.78 is 19.7. The van der Waals surface area contributed by atoms with Crippen LogP contribution in [-0.4, -0.2) is 29.7 Å². The SMILES string of the molecule is CCCCCCCCc1ccc2nc(N(C)CC(=O)O)cc(Oc3cccc(F)c3)c2c1. The van der Waals surface area contributed by atoms with Crippen molar-refractivity contribution in [3.63, 3.8) is 0 Å². The number of aromatic nitrogens is 1. The summed E-state index contributed by atoms with van der Waals surface area (Å²) in [5.74, 6) is 0.0578. The number of halogens is 1. The van der Waals surface area contributed by atoms with Gasteiger partial charge in [0, 0.05) is 24.6 Å². The lowest BCUT2D eigenvalue weighted by atomic mass is 10.0. The van der Waals surface area contributed by atoms with E-state index in [1.807, 2.05) is 6.07 Å². The zero-order valence-electron chi connectivity index (χ0n) is 18.8. The summed E-state index contributed by atoms with van der Waals surface area (Å²) in [5, 5.41) is 9.96. The molecular weight excluding hydrogens is 407 g/mol. The molecule has 0 unspecified atom stereocenters. The Labute approximate surface area is 188 Å². The molecule has 5 nitrogen and oxygen atoms in total. The van der Waals surface area contributed by atoms with Crippen LogP contribution in [0.5, 0.6) is 11.5 Å². The Morgan fingerprint density at radius 1 is 1.06 bits per heavy atom. The molecule has 0 spiro atoms. The molecule has 6 heteroatoms. The average Bonchev–Trinajstić information content (AvgIpc) is 2.75. The number of rotatable bonds is 12. The van der Waals surface area contributed by atoms with E-state index < -0.39 is 5.97 Å². The van der Waals surface area contributed by atoms with Gasteiger partial charge in [0.05, 0.1) is 5.52 Å². The van der Waals surface area contributed by atoms with Gasteiger partial charge in [0.25, 0.3) is 0 Å². The summed E-state index contributed by atoms with van der Waals surface area (Å²) in [6, 6.07) is 13.8. The van der Waals surface area contributed by atoms with E-state index in [-0.39, 0.29) is 12.4 Å². The molecule has 0 radical (unpaired) electrons. The molecule has 3 rings (SSSR count). The number of hydrogen-bond donors (Lipinski definition) is 1. The fourth-order valence-electron chi connectivity index (χ4n) is 3.72. The lowest BCUT2D eigenvalue weighted by Gasteiger charge is -2.18. The van der Waals surface area contributed by atoms with E-state index in [1.165, 1.54) is 49.8 Å². The number of carboxylic acids is 1. The molecule has 0 aliphatic carbocycles. The molecule has 0 fully saturated rings. The van der Waals surface area contributed by atoms with Gasteiger partial charge in [-0.25, -0.2) is 9.37 Å². The van der Waals surface area contributed by atoms with Crippen LogP contribution in [0.2, 0.25) is 0 Å². The number of carboxylic acid groups (broad SMARTS) is 1. The number of aryl methyl sites for hydroxylation is 1. The van der Waals surface area contributed by atoms with Crippen molar-refractivity contribution in [3.8, 4) is 11.5 Å². The minimum Gasteiger partial charge on any atom is -0.480 e. The maximum Gasteiger partial charge on any atom is 0.323 e. The molecule has 3 aromatic rings.